The molecule has 0 saturated carbocycles. The highest BCUT2D eigenvalue weighted by molar-refractivity contribution is 7.17. The fourth-order valence-corrected chi connectivity index (χ4v) is 5.18. The molecule has 4 heterocycles. The number of aromatic carboxylic acids is 1. The number of carboxylic acids is 1. The maximum Gasteiger partial charge on any atom is 0.348 e. The molecule has 36 heavy (non-hydrogen) atoms. The molecule has 190 valence electrons. The smallest absolute Gasteiger partial charge is 0.348 e. The third kappa shape index (κ3) is 4.92. The number of nitrogens with zero attached hydrogens (tertiary/aromatic N) is 6. The standard InChI is InChI=1S/C22H25ClN8O4S/c1-4-7-35-14-9-31(22-29-17(18(36-22)21(33)34)19-25-10-26-30(19)3)6-5-13(14)28-20(32)16-12(8-24)15(23)11(2)27-16/h10,13-14,27H,4-7,9H2,1-3H3,(H,28,32)(H,33,34)/t13-,14+/m1/s1. The first-order valence-electron chi connectivity index (χ1n) is 11.3. The largest absolute Gasteiger partial charge is 0.477 e. The van der Waals surface area contributed by atoms with E-state index in [2.05, 4.69) is 25.4 Å². The van der Waals surface area contributed by atoms with Gasteiger partial charge in [-0.1, -0.05) is 29.9 Å². The minimum Gasteiger partial charge on any atom is -0.477 e. The number of aromatic nitrogens is 5. The Kier molecular flexibility index (Phi) is 7.58. The summed E-state index contributed by atoms with van der Waals surface area (Å²) in [7, 11) is 1.67. The van der Waals surface area contributed by atoms with Crippen LogP contribution >= 0.6 is 22.9 Å². The van der Waals surface area contributed by atoms with Crippen LogP contribution in [-0.4, -0.2) is 73.6 Å². The molecule has 3 aromatic rings. The summed E-state index contributed by atoms with van der Waals surface area (Å²) in [6, 6.07) is 1.65. The molecule has 14 heteroatoms. The van der Waals surface area contributed by atoms with E-state index < -0.39 is 11.9 Å². The first-order valence-corrected chi connectivity index (χ1v) is 12.5. The predicted molar refractivity (Wildman–Crippen MR) is 132 cm³/mol. The zero-order valence-electron chi connectivity index (χ0n) is 19.9. The van der Waals surface area contributed by atoms with Crippen LogP contribution in [0, 0.1) is 18.3 Å². The number of amides is 1. The van der Waals surface area contributed by atoms with Crippen LogP contribution in [0.4, 0.5) is 5.13 Å². The van der Waals surface area contributed by atoms with Gasteiger partial charge < -0.3 is 25.0 Å². The number of nitrogens with one attached hydrogen (secondary N) is 2. The lowest BCUT2D eigenvalue weighted by Crippen LogP contribution is -2.55. The second-order valence-corrected chi connectivity index (χ2v) is 9.69. The Morgan fingerprint density at radius 3 is 2.89 bits per heavy atom. The van der Waals surface area contributed by atoms with Crippen LogP contribution in [0.5, 0.6) is 0 Å². The summed E-state index contributed by atoms with van der Waals surface area (Å²) in [5.74, 6) is -1.16. The number of halogens is 1. The van der Waals surface area contributed by atoms with Gasteiger partial charge in [-0.2, -0.15) is 10.4 Å². The number of carbonyl (C=O) groups excluding carboxylic acids is 1. The molecule has 1 saturated heterocycles. The van der Waals surface area contributed by atoms with Crippen molar-refractivity contribution in [2.24, 2.45) is 7.05 Å². The average Bonchev–Trinajstić information content (AvgIpc) is 3.55. The van der Waals surface area contributed by atoms with Crippen LogP contribution in [0.3, 0.4) is 0 Å². The number of ether oxygens (including phenoxy) is 1. The van der Waals surface area contributed by atoms with Crippen molar-refractivity contribution in [3.05, 3.63) is 33.2 Å². The minimum atomic E-state index is -1.09. The van der Waals surface area contributed by atoms with Gasteiger partial charge in [0, 0.05) is 32.4 Å². The van der Waals surface area contributed by atoms with Crippen LogP contribution in [0.15, 0.2) is 6.33 Å². The van der Waals surface area contributed by atoms with Gasteiger partial charge in [-0.05, 0) is 19.8 Å². The number of hydrogen-bond donors (Lipinski definition) is 3. The van der Waals surface area contributed by atoms with E-state index in [9.17, 15) is 20.0 Å². The van der Waals surface area contributed by atoms with Gasteiger partial charge in [0.2, 0.25) is 0 Å². The number of aromatic amines is 1. The minimum absolute atomic E-state index is 0.0746. The Balaban J connectivity index is 1.56. The number of thiazole rings is 1. The van der Waals surface area contributed by atoms with Crippen molar-refractivity contribution in [2.45, 2.75) is 38.8 Å². The number of piperidine rings is 1. The molecular formula is C22H25ClN8O4S. The summed E-state index contributed by atoms with van der Waals surface area (Å²) in [6.07, 6.45) is 2.28. The molecule has 3 aromatic heterocycles. The quantitative estimate of drug-likeness (QED) is 0.395. The van der Waals surface area contributed by atoms with E-state index >= 15 is 0 Å². The SMILES string of the molecule is CCCO[C@H]1CN(c2nc(-c3ncnn3C)c(C(=O)O)s2)CC[C@H]1NC(=O)c1[nH]c(C)c(Cl)c1C#N. The highest BCUT2D eigenvalue weighted by Gasteiger charge is 2.35. The summed E-state index contributed by atoms with van der Waals surface area (Å²) in [5, 5.41) is 26.9. The van der Waals surface area contributed by atoms with Crippen molar-refractivity contribution in [3.63, 3.8) is 0 Å². The number of rotatable bonds is 8. The van der Waals surface area contributed by atoms with Crippen LogP contribution in [0.2, 0.25) is 5.02 Å². The van der Waals surface area contributed by atoms with Crippen molar-refractivity contribution in [1.82, 2.24) is 30.0 Å². The molecule has 0 aromatic carbocycles. The van der Waals surface area contributed by atoms with E-state index in [4.69, 9.17) is 16.3 Å². The first kappa shape index (κ1) is 25.6. The summed E-state index contributed by atoms with van der Waals surface area (Å²) in [4.78, 5) is 38.6. The monoisotopic (exact) mass is 532 g/mol. The van der Waals surface area contributed by atoms with Crippen LogP contribution in [0.1, 0.15) is 51.2 Å². The first-order chi connectivity index (χ1) is 17.2. The lowest BCUT2D eigenvalue weighted by molar-refractivity contribution is 0.0205. The summed E-state index contributed by atoms with van der Waals surface area (Å²) in [6.45, 7) is 5.08. The van der Waals surface area contributed by atoms with Crippen LogP contribution in [-0.2, 0) is 11.8 Å². The number of nitriles is 1. The Bertz CT molecular complexity index is 1330. The fourth-order valence-electron chi connectivity index (χ4n) is 4.06. The zero-order chi connectivity index (χ0) is 26.0. The van der Waals surface area contributed by atoms with Gasteiger partial charge in [-0.3, -0.25) is 4.79 Å². The Hall–Kier alpha value is -3.47. The van der Waals surface area contributed by atoms with Gasteiger partial charge in [-0.25, -0.2) is 19.4 Å². The van der Waals surface area contributed by atoms with Gasteiger partial charge >= 0.3 is 5.97 Å². The molecule has 0 aliphatic carbocycles. The highest BCUT2D eigenvalue weighted by atomic mass is 35.5. The number of H-pyrrole nitrogens is 1. The lowest BCUT2D eigenvalue weighted by Gasteiger charge is -2.38. The molecule has 0 unspecified atom stereocenters. The Labute approximate surface area is 215 Å². The molecule has 1 fully saturated rings. The normalized spacial score (nSPS) is 17.7. The zero-order valence-corrected chi connectivity index (χ0v) is 21.5. The van der Waals surface area contributed by atoms with Gasteiger partial charge in [0.05, 0.1) is 17.2 Å². The van der Waals surface area contributed by atoms with E-state index in [-0.39, 0.29) is 39.0 Å². The highest BCUT2D eigenvalue weighted by Crippen LogP contribution is 2.34. The Morgan fingerprint density at radius 1 is 1.47 bits per heavy atom. The lowest BCUT2D eigenvalue weighted by atomic mass is 10.0. The number of carbonyl (C=O) groups is 2. The van der Waals surface area contributed by atoms with E-state index in [1.165, 1.54) is 11.0 Å². The molecular weight excluding hydrogens is 508 g/mol. The van der Waals surface area contributed by atoms with Crippen LogP contribution in [0.25, 0.3) is 11.5 Å². The predicted octanol–water partition coefficient (Wildman–Crippen LogP) is 2.60. The molecule has 0 bridgehead atoms. The third-order valence-electron chi connectivity index (χ3n) is 5.87. The summed E-state index contributed by atoms with van der Waals surface area (Å²) < 4.78 is 7.55. The molecule has 1 amide bonds. The van der Waals surface area contributed by atoms with Gasteiger partial charge in [0.1, 0.15) is 34.2 Å². The molecule has 0 spiro atoms. The molecule has 0 radical (unpaired) electrons. The molecule has 1 aliphatic rings. The number of carboxylic acid groups (broad SMARTS) is 1. The van der Waals surface area contributed by atoms with Crippen molar-refractivity contribution >= 4 is 39.9 Å². The Morgan fingerprint density at radius 2 is 2.25 bits per heavy atom. The maximum absolute atomic E-state index is 13.0. The van der Waals surface area contributed by atoms with E-state index in [1.54, 1.807) is 14.0 Å². The molecule has 4 rings (SSSR count). The van der Waals surface area contributed by atoms with E-state index in [1.807, 2.05) is 17.9 Å². The second kappa shape index (κ2) is 10.7. The van der Waals surface area contributed by atoms with Crippen molar-refractivity contribution in [3.8, 4) is 17.6 Å². The van der Waals surface area contributed by atoms with Crippen LogP contribution < -0.4 is 10.2 Å². The number of aryl methyl sites for hydroxylation is 2. The average molecular weight is 533 g/mol. The van der Waals surface area contributed by atoms with E-state index in [0.717, 1.165) is 17.8 Å². The van der Waals surface area contributed by atoms with Crippen molar-refractivity contribution in [2.75, 3.05) is 24.6 Å². The molecule has 12 nitrogen and oxygen atoms in total. The van der Waals surface area contributed by atoms with Crippen molar-refractivity contribution in [1.29, 1.82) is 5.26 Å². The summed E-state index contributed by atoms with van der Waals surface area (Å²) in [5.41, 5.74) is 1.03. The van der Waals surface area contributed by atoms with Crippen molar-refractivity contribution < 1.29 is 19.4 Å². The van der Waals surface area contributed by atoms with Gasteiger partial charge in [0.15, 0.2) is 11.0 Å². The second-order valence-electron chi connectivity index (χ2n) is 8.34. The van der Waals surface area contributed by atoms with Gasteiger partial charge in [-0.15, -0.1) is 0 Å². The molecule has 3 N–H and O–H groups in total. The molecule has 1 aliphatic heterocycles. The summed E-state index contributed by atoms with van der Waals surface area (Å²) >= 11 is 7.21. The fraction of sp³-hybridized carbons (Fsp3) is 0.455. The molecule has 2 atom stereocenters. The number of anilines is 1. The third-order valence-corrected chi connectivity index (χ3v) is 7.44. The van der Waals surface area contributed by atoms with Gasteiger partial charge in [0.25, 0.3) is 5.91 Å². The van der Waals surface area contributed by atoms with E-state index in [0.29, 0.717) is 42.8 Å². The topological polar surface area (TPSA) is 162 Å². The maximum atomic E-state index is 13.0. The number of hydrogen-bond acceptors (Lipinski definition) is 9.